The second-order valence-electron chi connectivity index (χ2n) is 7.01. The van der Waals surface area contributed by atoms with Crippen molar-refractivity contribution in [3.8, 4) is 0 Å². The molecule has 0 aliphatic carbocycles. The minimum atomic E-state index is 0.122. The lowest BCUT2D eigenvalue weighted by molar-refractivity contribution is 0.168. The molecule has 2 atom stereocenters. The summed E-state index contributed by atoms with van der Waals surface area (Å²) < 4.78 is 0. The lowest BCUT2D eigenvalue weighted by Gasteiger charge is -2.39. The second kappa shape index (κ2) is 4.85. The van der Waals surface area contributed by atoms with Crippen molar-refractivity contribution in [3.63, 3.8) is 0 Å². The van der Waals surface area contributed by atoms with Crippen LogP contribution in [0.5, 0.6) is 0 Å². The fraction of sp³-hybridized carbons (Fsp3) is 0.400. The summed E-state index contributed by atoms with van der Waals surface area (Å²) in [5.74, 6) is 0. The van der Waals surface area contributed by atoms with Crippen LogP contribution in [0.25, 0.3) is 10.8 Å². The van der Waals surface area contributed by atoms with Crippen molar-refractivity contribution < 1.29 is 0 Å². The molecule has 1 saturated heterocycles. The molecule has 2 aliphatic heterocycles. The van der Waals surface area contributed by atoms with Gasteiger partial charge in [-0.25, -0.2) is 0 Å². The molecular formula is C20H24N2. The van der Waals surface area contributed by atoms with Gasteiger partial charge < -0.3 is 4.90 Å². The van der Waals surface area contributed by atoms with Gasteiger partial charge in [0, 0.05) is 25.8 Å². The lowest BCUT2D eigenvalue weighted by atomic mass is 9.85. The van der Waals surface area contributed by atoms with Crippen molar-refractivity contribution in [2.75, 3.05) is 26.0 Å². The van der Waals surface area contributed by atoms with Gasteiger partial charge in [-0.15, -0.1) is 0 Å². The summed E-state index contributed by atoms with van der Waals surface area (Å²) in [6.07, 6.45) is 8.58. The smallest absolute Gasteiger partial charge is 0.0646 e. The molecule has 22 heavy (non-hydrogen) atoms. The summed E-state index contributed by atoms with van der Waals surface area (Å²) in [6.45, 7) is 0. The highest BCUT2D eigenvalue weighted by Gasteiger charge is 2.45. The molecule has 0 N–H and O–H groups in total. The van der Waals surface area contributed by atoms with Crippen LogP contribution in [0.15, 0.2) is 48.6 Å². The van der Waals surface area contributed by atoms with Gasteiger partial charge in [-0.2, -0.15) is 0 Å². The van der Waals surface area contributed by atoms with E-state index in [0.717, 1.165) is 6.04 Å². The molecule has 0 aromatic heterocycles. The number of benzene rings is 2. The monoisotopic (exact) mass is 292 g/mol. The molecule has 2 aromatic carbocycles. The molecule has 2 aromatic rings. The largest absolute Gasteiger partial charge is 0.378 e. The zero-order chi connectivity index (χ0) is 15.3. The summed E-state index contributed by atoms with van der Waals surface area (Å²) in [5.41, 5.74) is 2.82. The van der Waals surface area contributed by atoms with Gasteiger partial charge >= 0.3 is 0 Å². The Labute approximate surface area is 133 Å². The zero-order valence-electron chi connectivity index (χ0n) is 13.7. The van der Waals surface area contributed by atoms with Crippen LogP contribution < -0.4 is 4.90 Å². The van der Waals surface area contributed by atoms with Gasteiger partial charge in [-0.05, 0) is 60.8 Å². The highest BCUT2D eigenvalue weighted by atomic mass is 15.2. The minimum Gasteiger partial charge on any atom is -0.378 e. The van der Waals surface area contributed by atoms with Gasteiger partial charge in [-0.1, -0.05) is 30.4 Å². The van der Waals surface area contributed by atoms with E-state index >= 15 is 0 Å². The van der Waals surface area contributed by atoms with Crippen LogP contribution in [-0.4, -0.2) is 32.1 Å². The summed E-state index contributed by atoms with van der Waals surface area (Å²) in [6, 6.07) is 14.5. The predicted octanol–water partition coefficient (Wildman–Crippen LogP) is 4.16. The van der Waals surface area contributed by atoms with Crippen LogP contribution >= 0.6 is 0 Å². The molecule has 0 amide bonds. The summed E-state index contributed by atoms with van der Waals surface area (Å²) in [7, 11) is 6.48. The second-order valence-corrected chi connectivity index (χ2v) is 7.01. The van der Waals surface area contributed by atoms with Crippen molar-refractivity contribution in [3.05, 3.63) is 54.1 Å². The van der Waals surface area contributed by atoms with Gasteiger partial charge in [0.2, 0.25) is 0 Å². The normalized spacial score (nSPS) is 27.5. The van der Waals surface area contributed by atoms with Crippen molar-refractivity contribution in [2.45, 2.75) is 30.8 Å². The zero-order valence-corrected chi connectivity index (χ0v) is 13.7. The van der Waals surface area contributed by atoms with E-state index in [-0.39, 0.29) is 5.54 Å². The lowest BCUT2D eigenvalue weighted by Crippen LogP contribution is -2.42. The summed E-state index contributed by atoms with van der Waals surface area (Å²) >= 11 is 0. The van der Waals surface area contributed by atoms with Crippen LogP contribution in [0.4, 0.5) is 5.69 Å². The molecule has 0 saturated carbocycles. The number of hydrogen-bond acceptors (Lipinski definition) is 2. The van der Waals surface area contributed by atoms with E-state index in [9.17, 15) is 0 Å². The Hall–Kier alpha value is -1.80. The Morgan fingerprint density at radius 3 is 2.68 bits per heavy atom. The van der Waals surface area contributed by atoms with Crippen LogP contribution in [0.1, 0.15) is 24.8 Å². The Morgan fingerprint density at radius 1 is 1.09 bits per heavy atom. The molecule has 2 bridgehead atoms. The third kappa shape index (κ3) is 1.90. The first-order chi connectivity index (χ1) is 10.6. The number of anilines is 1. The number of fused-ring (bicyclic) bond motifs is 3. The Kier molecular flexibility index (Phi) is 3.05. The molecule has 2 heteroatoms. The SMILES string of the molecule is CN(C)c1ccc2cc(C34C=CCC(CC3)N4C)ccc2c1. The molecule has 4 rings (SSSR count). The van der Waals surface area contributed by atoms with Crippen LogP contribution in [0.3, 0.4) is 0 Å². The Morgan fingerprint density at radius 2 is 1.86 bits per heavy atom. The van der Waals surface area contributed by atoms with Crippen LogP contribution in [0, 0.1) is 0 Å². The van der Waals surface area contributed by atoms with Crippen LogP contribution in [0.2, 0.25) is 0 Å². The molecule has 2 aliphatic rings. The number of hydrogen-bond donors (Lipinski definition) is 0. The molecule has 2 unspecified atom stereocenters. The van der Waals surface area contributed by atoms with Gasteiger partial charge in [0.15, 0.2) is 0 Å². The van der Waals surface area contributed by atoms with E-state index in [1.807, 2.05) is 0 Å². The van der Waals surface area contributed by atoms with Gasteiger partial charge in [0.05, 0.1) is 5.54 Å². The van der Waals surface area contributed by atoms with Crippen molar-refractivity contribution in [1.82, 2.24) is 4.90 Å². The summed E-state index contributed by atoms with van der Waals surface area (Å²) in [4.78, 5) is 4.74. The van der Waals surface area contributed by atoms with E-state index < -0.39 is 0 Å². The maximum Gasteiger partial charge on any atom is 0.0646 e. The fourth-order valence-corrected chi connectivity index (χ4v) is 4.20. The standard InChI is InChI=1S/C20H24N2/c1-21(2)19-9-7-15-13-17(8-6-16(15)14-19)20-11-4-5-18(10-12-20)22(20)3/h4,6-9,11,13-14,18H,5,10,12H2,1-3H3. The molecule has 1 fully saturated rings. The topological polar surface area (TPSA) is 6.48 Å². The first-order valence-electron chi connectivity index (χ1n) is 8.22. The molecule has 2 heterocycles. The average Bonchev–Trinajstić information content (AvgIpc) is 2.73. The third-order valence-electron chi connectivity index (χ3n) is 5.68. The Balaban J connectivity index is 1.82. The van der Waals surface area contributed by atoms with Gasteiger partial charge in [0.25, 0.3) is 0 Å². The van der Waals surface area contributed by atoms with Crippen LogP contribution in [-0.2, 0) is 5.54 Å². The van der Waals surface area contributed by atoms with Crippen molar-refractivity contribution in [2.24, 2.45) is 0 Å². The highest BCUT2D eigenvalue weighted by molar-refractivity contribution is 5.86. The minimum absolute atomic E-state index is 0.122. The van der Waals surface area contributed by atoms with E-state index in [1.165, 1.54) is 41.3 Å². The predicted molar refractivity (Wildman–Crippen MR) is 94.5 cm³/mol. The third-order valence-corrected chi connectivity index (χ3v) is 5.68. The van der Waals surface area contributed by atoms with Gasteiger partial charge in [0.1, 0.15) is 0 Å². The average molecular weight is 292 g/mol. The maximum atomic E-state index is 2.59. The van der Waals surface area contributed by atoms with Gasteiger partial charge in [-0.3, -0.25) is 4.90 Å². The van der Waals surface area contributed by atoms with Crippen molar-refractivity contribution in [1.29, 1.82) is 0 Å². The fourth-order valence-electron chi connectivity index (χ4n) is 4.20. The molecular weight excluding hydrogens is 268 g/mol. The molecule has 114 valence electrons. The number of rotatable bonds is 2. The van der Waals surface area contributed by atoms with E-state index in [0.29, 0.717) is 0 Å². The number of likely N-dealkylation sites (N-methyl/N-ethyl adjacent to an activating group) is 1. The molecule has 0 radical (unpaired) electrons. The Bertz CT molecular complexity index is 746. The molecule has 2 nitrogen and oxygen atoms in total. The highest BCUT2D eigenvalue weighted by Crippen LogP contribution is 2.46. The first-order valence-corrected chi connectivity index (χ1v) is 8.22. The first kappa shape index (κ1) is 13.8. The molecule has 0 spiro atoms. The summed E-state index contributed by atoms with van der Waals surface area (Å²) in [5, 5.41) is 2.66. The maximum absolute atomic E-state index is 2.59. The van der Waals surface area contributed by atoms with E-state index in [1.54, 1.807) is 0 Å². The van der Waals surface area contributed by atoms with E-state index in [2.05, 4.69) is 79.5 Å². The van der Waals surface area contributed by atoms with Crippen molar-refractivity contribution >= 4 is 16.5 Å². The van der Waals surface area contributed by atoms with E-state index in [4.69, 9.17) is 0 Å². The number of nitrogens with zero attached hydrogens (tertiary/aromatic N) is 2. The quantitative estimate of drug-likeness (QED) is 0.767.